The van der Waals surface area contributed by atoms with Crippen molar-refractivity contribution >= 4 is 22.4 Å². The maximum Gasteiger partial charge on any atom is 0.335 e. The zero-order valence-corrected chi connectivity index (χ0v) is 14.2. The molecule has 0 heterocycles. The number of carbonyl (C=O) groups excluding carboxylic acids is 1. The van der Waals surface area contributed by atoms with Gasteiger partial charge in [-0.2, -0.15) is 0 Å². The molecule has 0 saturated heterocycles. The lowest BCUT2D eigenvalue weighted by atomic mass is 10.0. The van der Waals surface area contributed by atoms with Crippen LogP contribution in [0, 0.1) is 6.92 Å². The summed E-state index contributed by atoms with van der Waals surface area (Å²) in [6.45, 7) is 5.47. The minimum absolute atomic E-state index is 0.461. The van der Waals surface area contributed by atoms with Gasteiger partial charge in [-0.05, 0) is 25.1 Å². The van der Waals surface area contributed by atoms with Crippen molar-refractivity contribution in [3.05, 3.63) is 72.8 Å². The summed E-state index contributed by atoms with van der Waals surface area (Å²) < 4.78 is 11.5. The van der Waals surface area contributed by atoms with Gasteiger partial charge >= 0.3 is 5.97 Å². The lowest BCUT2D eigenvalue weighted by Gasteiger charge is -2.16. The van der Waals surface area contributed by atoms with E-state index in [1.54, 1.807) is 7.05 Å². The average molecular weight is 333 g/mol. The molecule has 0 bridgehead atoms. The minimum atomic E-state index is -0.505. The van der Waals surface area contributed by atoms with Crippen LogP contribution in [0.1, 0.15) is 5.56 Å². The molecule has 0 aliphatic rings. The lowest BCUT2D eigenvalue weighted by Crippen LogP contribution is -2.06. The van der Waals surface area contributed by atoms with Gasteiger partial charge in [0.05, 0.1) is 5.69 Å². The van der Waals surface area contributed by atoms with E-state index in [0.717, 1.165) is 28.2 Å². The molecule has 0 aliphatic heterocycles. The van der Waals surface area contributed by atoms with E-state index >= 15 is 0 Å². The Labute approximate surface area is 146 Å². The van der Waals surface area contributed by atoms with Gasteiger partial charge in [-0.1, -0.05) is 42.5 Å². The molecular weight excluding hydrogens is 314 g/mol. The highest BCUT2D eigenvalue weighted by Gasteiger charge is 2.16. The Kier molecular flexibility index (Phi) is 4.70. The van der Waals surface area contributed by atoms with Gasteiger partial charge in [-0.25, -0.2) is 4.79 Å². The maximum absolute atomic E-state index is 11.7. The van der Waals surface area contributed by atoms with E-state index in [1.165, 1.54) is 0 Å². The highest BCUT2D eigenvalue weighted by atomic mass is 16.5. The monoisotopic (exact) mass is 333 g/mol. The van der Waals surface area contributed by atoms with Crippen molar-refractivity contribution in [1.82, 2.24) is 0 Å². The smallest absolute Gasteiger partial charge is 0.335 e. The third-order valence-electron chi connectivity index (χ3n) is 3.81. The Balaban J connectivity index is 2.20. The molecule has 0 saturated carbocycles. The SMILES string of the molecule is C=CC(=O)Oc1c(NC)cc(Oc2ccccc2)c2cc(C)ccc12. The Morgan fingerprint density at radius 3 is 2.52 bits per heavy atom. The quantitative estimate of drug-likeness (QED) is 0.402. The zero-order chi connectivity index (χ0) is 17.8. The Bertz CT molecular complexity index is 933. The second-order valence-electron chi connectivity index (χ2n) is 5.59. The molecule has 4 nitrogen and oxygen atoms in total. The topological polar surface area (TPSA) is 47.6 Å². The normalized spacial score (nSPS) is 10.3. The van der Waals surface area contributed by atoms with Gasteiger partial charge in [0.15, 0.2) is 5.75 Å². The predicted molar refractivity (Wildman–Crippen MR) is 101 cm³/mol. The number of benzene rings is 3. The Morgan fingerprint density at radius 2 is 1.84 bits per heavy atom. The van der Waals surface area contributed by atoms with Gasteiger partial charge in [0.25, 0.3) is 0 Å². The second-order valence-corrected chi connectivity index (χ2v) is 5.59. The fraction of sp³-hybridized carbons (Fsp3) is 0.0952. The first-order valence-corrected chi connectivity index (χ1v) is 7.94. The summed E-state index contributed by atoms with van der Waals surface area (Å²) in [6, 6.07) is 17.3. The largest absolute Gasteiger partial charge is 0.457 e. The first kappa shape index (κ1) is 16.6. The van der Waals surface area contributed by atoms with Crippen LogP contribution >= 0.6 is 0 Å². The third-order valence-corrected chi connectivity index (χ3v) is 3.81. The first-order chi connectivity index (χ1) is 12.1. The number of fused-ring (bicyclic) bond motifs is 1. The van der Waals surface area contributed by atoms with Crippen molar-refractivity contribution in [3.8, 4) is 17.2 Å². The molecule has 3 aromatic carbocycles. The van der Waals surface area contributed by atoms with Gasteiger partial charge in [0, 0.05) is 30.0 Å². The standard InChI is InChI=1S/C21H19NO3/c1-4-20(23)25-21-16-11-10-14(2)12-17(16)19(13-18(21)22-3)24-15-8-6-5-7-9-15/h4-13,22H,1H2,2-3H3. The highest BCUT2D eigenvalue weighted by molar-refractivity contribution is 6.00. The molecule has 0 unspecified atom stereocenters. The second kappa shape index (κ2) is 7.09. The van der Waals surface area contributed by atoms with Crippen LogP contribution in [0.5, 0.6) is 17.2 Å². The molecule has 0 atom stereocenters. The van der Waals surface area contributed by atoms with Crippen LogP contribution in [-0.2, 0) is 4.79 Å². The summed E-state index contributed by atoms with van der Waals surface area (Å²) in [5.74, 6) is 1.38. The number of nitrogens with one attached hydrogen (secondary N) is 1. The van der Waals surface area contributed by atoms with E-state index in [0.29, 0.717) is 17.2 Å². The number of carbonyl (C=O) groups is 1. The molecule has 3 rings (SSSR count). The number of hydrogen-bond donors (Lipinski definition) is 1. The van der Waals surface area contributed by atoms with E-state index in [1.807, 2.05) is 61.5 Å². The predicted octanol–water partition coefficient (Wildman–Crippen LogP) is 5.07. The third kappa shape index (κ3) is 3.48. The highest BCUT2D eigenvalue weighted by Crippen LogP contribution is 2.42. The lowest BCUT2D eigenvalue weighted by molar-refractivity contribution is -0.128. The molecule has 4 heteroatoms. The molecule has 3 aromatic rings. The minimum Gasteiger partial charge on any atom is -0.457 e. The Hall–Kier alpha value is -3.27. The van der Waals surface area contributed by atoms with Crippen LogP contribution in [0.4, 0.5) is 5.69 Å². The van der Waals surface area contributed by atoms with Gasteiger partial charge in [-0.3, -0.25) is 0 Å². The van der Waals surface area contributed by atoms with Crippen LogP contribution in [-0.4, -0.2) is 13.0 Å². The van der Waals surface area contributed by atoms with Crippen molar-refractivity contribution in [3.63, 3.8) is 0 Å². The molecule has 0 fully saturated rings. The Morgan fingerprint density at radius 1 is 1.08 bits per heavy atom. The summed E-state index contributed by atoms with van der Waals surface area (Å²) in [4.78, 5) is 11.7. The molecule has 0 aliphatic carbocycles. The molecular formula is C21H19NO3. The maximum atomic E-state index is 11.7. The van der Waals surface area contributed by atoms with Crippen LogP contribution < -0.4 is 14.8 Å². The number of ether oxygens (including phenoxy) is 2. The molecule has 1 N–H and O–H groups in total. The number of anilines is 1. The number of esters is 1. The fourth-order valence-electron chi connectivity index (χ4n) is 2.62. The molecule has 25 heavy (non-hydrogen) atoms. The zero-order valence-electron chi connectivity index (χ0n) is 14.2. The summed E-state index contributed by atoms with van der Waals surface area (Å²) in [5.41, 5.74) is 1.75. The van der Waals surface area contributed by atoms with E-state index in [4.69, 9.17) is 9.47 Å². The molecule has 0 amide bonds. The number of hydrogen-bond acceptors (Lipinski definition) is 4. The van der Waals surface area contributed by atoms with Crippen LogP contribution in [0.3, 0.4) is 0 Å². The van der Waals surface area contributed by atoms with Crippen LogP contribution in [0.25, 0.3) is 10.8 Å². The number of aryl methyl sites for hydroxylation is 1. The first-order valence-electron chi connectivity index (χ1n) is 7.94. The van der Waals surface area contributed by atoms with E-state index in [-0.39, 0.29) is 0 Å². The summed E-state index contributed by atoms with van der Waals surface area (Å²) in [7, 11) is 1.77. The number of para-hydroxylation sites is 1. The average Bonchev–Trinajstić information content (AvgIpc) is 2.64. The fourth-order valence-corrected chi connectivity index (χ4v) is 2.62. The van der Waals surface area contributed by atoms with Gasteiger partial charge < -0.3 is 14.8 Å². The van der Waals surface area contributed by atoms with E-state index in [9.17, 15) is 4.79 Å². The van der Waals surface area contributed by atoms with Crippen molar-refractivity contribution in [1.29, 1.82) is 0 Å². The van der Waals surface area contributed by atoms with Crippen molar-refractivity contribution in [2.45, 2.75) is 6.92 Å². The van der Waals surface area contributed by atoms with Crippen molar-refractivity contribution in [2.24, 2.45) is 0 Å². The van der Waals surface area contributed by atoms with Crippen LogP contribution in [0.2, 0.25) is 0 Å². The summed E-state index contributed by atoms with van der Waals surface area (Å²) in [6.07, 6.45) is 1.15. The summed E-state index contributed by atoms with van der Waals surface area (Å²) >= 11 is 0. The van der Waals surface area contributed by atoms with Crippen molar-refractivity contribution in [2.75, 3.05) is 12.4 Å². The molecule has 0 spiro atoms. The molecule has 0 radical (unpaired) electrons. The van der Waals surface area contributed by atoms with Gasteiger partial charge in [-0.15, -0.1) is 0 Å². The molecule has 0 aromatic heterocycles. The molecule has 126 valence electrons. The van der Waals surface area contributed by atoms with E-state index in [2.05, 4.69) is 11.9 Å². The van der Waals surface area contributed by atoms with Crippen LogP contribution in [0.15, 0.2) is 67.3 Å². The summed E-state index contributed by atoms with van der Waals surface area (Å²) in [5, 5.41) is 4.73. The number of rotatable bonds is 5. The van der Waals surface area contributed by atoms with Gasteiger partial charge in [0.1, 0.15) is 11.5 Å². The van der Waals surface area contributed by atoms with Crippen molar-refractivity contribution < 1.29 is 14.3 Å². The van der Waals surface area contributed by atoms with Gasteiger partial charge in [0.2, 0.25) is 0 Å². The van der Waals surface area contributed by atoms with E-state index < -0.39 is 5.97 Å².